The van der Waals surface area contributed by atoms with Crippen LogP contribution in [0, 0.1) is 13.8 Å². The molecular formula is C42H47N3O10S. The Kier molecular flexibility index (Phi) is 8.08. The van der Waals surface area contributed by atoms with E-state index in [1.807, 2.05) is 26.8 Å². The molecule has 0 saturated carbocycles. The number of methoxy groups -OCH3 is 2. The largest absolute Gasteiger partial charge is 0.504 e. The fourth-order valence-corrected chi connectivity index (χ4v) is 13.1. The third-order valence-electron chi connectivity index (χ3n) is 13.8. The molecule has 296 valence electrons. The van der Waals surface area contributed by atoms with Crippen molar-refractivity contribution in [3.8, 4) is 40.2 Å². The van der Waals surface area contributed by atoms with Crippen LogP contribution in [0.2, 0.25) is 0 Å². The molecular weight excluding hydrogens is 739 g/mol. The smallest absolute Gasteiger partial charge is 0.332 e. The van der Waals surface area contributed by atoms with Gasteiger partial charge in [-0.1, -0.05) is 0 Å². The van der Waals surface area contributed by atoms with E-state index in [2.05, 4.69) is 28.1 Å². The molecule has 3 aromatic carbocycles. The average molecular weight is 786 g/mol. The molecule has 0 radical (unpaired) electrons. The lowest BCUT2D eigenvalue weighted by atomic mass is 9.70. The van der Waals surface area contributed by atoms with Crippen LogP contribution in [0.5, 0.6) is 40.2 Å². The summed E-state index contributed by atoms with van der Waals surface area (Å²) in [5, 5.41) is 26.1. The molecule has 7 heterocycles. The first kappa shape index (κ1) is 36.0. The molecule has 7 aliphatic rings. The predicted octanol–water partition coefficient (Wildman–Crippen LogP) is 4.67. The summed E-state index contributed by atoms with van der Waals surface area (Å²) >= 11 is 1.66. The van der Waals surface area contributed by atoms with Crippen LogP contribution < -0.4 is 29.0 Å². The second kappa shape index (κ2) is 12.6. The molecule has 4 fully saturated rings. The van der Waals surface area contributed by atoms with Gasteiger partial charge in [-0.15, -0.1) is 0 Å². The number of fused-ring (bicyclic) bond motifs is 10. The summed E-state index contributed by atoms with van der Waals surface area (Å²) < 4.78 is 36.6. The summed E-state index contributed by atoms with van der Waals surface area (Å²) in [5.41, 5.74) is 4.26. The van der Waals surface area contributed by atoms with E-state index < -0.39 is 41.3 Å². The number of rotatable bonds is 6. The number of esters is 1. The van der Waals surface area contributed by atoms with Crippen molar-refractivity contribution >= 4 is 24.0 Å². The highest BCUT2D eigenvalue weighted by Gasteiger charge is 2.71. The second-order valence-electron chi connectivity index (χ2n) is 16.3. The highest BCUT2D eigenvalue weighted by Crippen LogP contribution is 2.68. The van der Waals surface area contributed by atoms with Gasteiger partial charge in [-0.3, -0.25) is 15.1 Å². The van der Waals surface area contributed by atoms with E-state index in [9.17, 15) is 19.8 Å². The number of phenolic OH excluding ortho intramolecular Hbond substituents is 2. The SMILES string of the molecule is CCOc1cc([C@@H]2CC3OC(=O)[C@]4(CS[C@H]3C3[C@H]5c6c(cc(C)c(OC)c6O)C6(C)C[C@@H](C(C=O)N32)N56)NCCc2cc(O)c(OC)cc24)c2c(c1C)OCO2. The first-order valence-corrected chi connectivity index (χ1v) is 20.5. The minimum atomic E-state index is -1.22. The Bertz CT molecular complexity index is 2200. The first-order valence-electron chi connectivity index (χ1n) is 19.5. The van der Waals surface area contributed by atoms with Crippen molar-refractivity contribution < 1.29 is 48.2 Å². The van der Waals surface area contributed by atoms with Crippen molar-refractivity contribution in [2.24, 2.45) is 0 Å². The number of aryl methyl sites for hydroxylation is 1. The monoisotopic (exact) mass is 785 g/mol. The Morgan fingerprint density at radius 3 is 2.62 bits per heavy atom. The maximum Gasteiger partial charge on any atom is 0.332 e. The number of aldehydes is 1. The summed E-state index contributed by atoms with van der Waals surface area (Å²) in [6, 6.07) is 5.71. The van der Waals surface area contributed by atoms with Crippen LogP contribution >= 0.6 is 11.8 Å². The van der Waals surface area contributed by atoms with Gasteiger partial charge in [0, 0.05) is 59.1 Å². The van der Waals surface area contributed by atoms with Crippen LogP contribution in [0.4, 0.5) is 0 Å². The van der Waals surface area contributed by atoms with Crippen LogP contribution in [0.3, 0.4) is 0 Å². The molecule has 0 aliphatic carbocycles. The van der Waals surface area contributed by atoms with Gasteiger partial charge in [0.2, 0.25) is 6.79 Å². The summed E-state index contributed by atoms with van der Waals surface area (Å²) in [7, 11) is 3.07. The average Bonchev–Trinajstić information content (AvgIpc) is 3.71. The van der Waals surface area contributed by atoms with E-state index in [-0.39, 0.29) is 41.4 Å². The number of benzene rings is 3. The number of thioether (sulfide) groups is 1. The van der Waals surface area contributed by atoms with Crippen LogP contribution in [0.1, 0.15) is 77.7 Å². The van der Waals surface area contributed by atoms with Gasteiger partial charge in [-0.2, -0.15) is 11.8 Å². The van der Waals surface area contributed by atoms with Gasteiger partial charge in [0.15, 0.2) is 40.0 Å². The fourth-order valence-electron chi connectivity index (χ4n) is 11.4. The first-order chi connectivity index (χ1) is 27.0. The van der Waals surface area contributed by atoms with Crippen LogP contribution in [-0.4, -0.2) is 102 Å². The molecule has 14 heteroatoms. The van der Waals surface area contributed by atoms with E-state index in [1.165, 1.54) is 7.11 Å². The Balaban J connectivity index is 1.18. The van der Waals surface area contributed by atoms with E-state index in [4.69, 9.17) is 28.4 Å². The standard InChI is InChI=1S/C42H47N3O10S/c1-7-52-29-12-22(38-37(20(29)3)53-18-54-38)25-14-31-39(56-17-42(40(49)55-31)23-13-30(50-5)28(47)11-21(23)8-9-43-42)34-33-32-24(10-19(2)36(51-6)35(32)48)41(4)15-26(45(33)41)27(16-46)44(25)34/h10-13,16,25-27,31,33-34,39,43,47-48H,7-9,14-15,17-18H2,1-6H3/t25-,26-,27?,31?,33+,34?,39+,41?,42+/m0/s1. The molecule has 0 aromatic heterocycles. The lowest BCUT2D eigenvalue weighted by molar-refractivity contribution is -0.205. The van der Waals surface area contributed by atoms with E-state index in [0.717, 1.165) is 51.7 Å². The molecule has 7 aliphatic heterocycles. The van der Waals surface area contributed by atoms with Crippen LogP contribution in [0.15, 0.2) is 24.3 Å². The number of hydrogen-bond donors (Lipinski definition) is 3. The fraction of sp³-hybridized carbons (Fsp3) is 0.524. The molecule has 4 unspecified atom stereocenters. The highest BCUT2D eigenvalue weighted by atomic mass is 32.2. The quantitative estimate of drug-likeness (QED) is 0.235. The highest BCUT2D eigenvalue weighted by molar-refractivity contribution is 8.00. The predicted molar refractivity (Wildman–Crippen MR) is 205 cm³/mol. The zero-order valence-electron chi connectivity index (χ0n) is 32.3. The molecule has 0 amide bonds. The van der Waals surface area contributed by atoms with Gasteiger partial charge in [0.1, 0.15) is 18.1 Å². The number of nitrogens with zero attached hydrogens (tertiary/aromatic N) is 2. The number of carbonyl (C=O) groups is 2. The third kappa shape index (κ3) is 4.55. The lowest BCUT2D eigenvalue weighted by Gasteiger charge is -2.67. The van der Waals surface area contributed by atoms with Crippen molar-refractivity contribution in [1.29, 1.82) is 0 Å². The number of piperazine rings is 1. The van der Waals surface area contributed by atoms with Gasteiger partial charge in [0.25, 0.3) is 0 Å². The number of phenols is 2. The van der Waals surface area contributed by atoms with Crippen LogP contribution in [-0.2, 0) is 31.8 Å². The minimum absolute atomic E-state index is 0.0213. The summed E-state index contributed by atoms with van der Waals surface area (Å²) in [6.45, 7) is 9.05. The number of nitrogens with one attached hydrogen (secondary N) is 1. The van der Waals surface area contributed by atoms with Crippen molar-refractivity contribution in [2.75, 3.05) is 39.9 Å². The minimum Gasteiger partial charge on any atom is -0.504 e. The second-order valence-corrected chi connectivity index (χ2v) is 17.5. The Labute approximate surface area is 329 Å². The van der Waals surface area contributed by atoms with Gasteiger partial charge in [0.05, 0.1) is 38.2 Å². The van der Waals surface area contributed by atoms with E-state index in [0.29, 0.717) is 54.7 Å². The summed E-state index contributed by atoms with van der Waals surface area (Å²) in [4.78, 5) is 33.3. The molecule has 13 nitrogen and oxygen atoms in total. The topological polar surface area (TPSA) is 148 Å². The zero-order chi connectivity index (χ0) is 39.0. The maximum atomic E-state index is 14.9. The lowest BCUT2D eigenvalue weighted by Crippen LogP contribution is -2.77. The Morgan fingerprint density at radius 2 is 1.88 bits per heavy atom. The normalized spacial score (nSPS) is 33.5. The van der Waals surface area contributed by atoms with Gasteiger partial charge < -0.3 is 43.4 Å². The molecule has 3 aromatic rings. The summed E-state index contributed by atoms with van der Waals surface area (Å²) in [6.07, 6.45) is 2.20. The van der Waals surface area contributed by atoms with Gasteiger partial charge in [-0.25, -0.2) is 4.79 Å². The summed E-state index contributed by atoms with van der Waals surface area (Å²) in [5.74, 6) is 2.66. The number of aromatic hydroxyl groups is 2. The van der Waals surface area contributed by atoms with Gasteiger partial charge in [-0.05, 0) is 87.1 Å². The zero-order valence-corrected chi connectivity index (χ0v) is 33.2. The number of piperidine rings is 1. The van der Waals surface area contributed by atoms with Crippen molar-refractivity contribution in [3.05, 3.63) is 63.2 Å². The number of ether oxygens (including phenoxy) is 6. The van der Waals surface area contributed by atoms with E-state index in [1.54, 1.807) is 31.0 Å². The number of hydrogen-bond acceptors (Lipinski definition) is 14. The third-order valence-corrected chi connectivity index (χ3v) is 15.3. The number of carbonyl (C=O) groups excluding carboxylic acids is 2. The van der Waals surface area contributed by atoms with E-state index >= 15 is 0 Å². The Hall–Kier alpha value is -4.37. The molecule has 56 heavy (non-hydrogen) atoms. The van der Waals surface area contributed by atoms with Gasteiger partial charge >= 0.3 is 5.97 Å². The molecule has 9 atom stereocenters. The van der Waals surface area contributed by atoms with Crippen molar-refractivity contribution in [1.82, 2.24) is 15.1 Å². The molecule has 1 spiro atoms. The van der Waals surface area contributed by atoms with Crippen LogP contribution in [0.25, 0.3) is 0 Å². The Morgan fingerprint density at radius 1 is 1.07 bits per heavy atom. The molecule has 3 N–H and O–H groups in total. The molecule has 0 bridgehead atoms. The maximum absolute atomic E-state index is 14.9. The molecule has 4 saturated heterocycles. The van der Waals surface area contributed by atoms with Crippen molar-refractivity contribution in [2.45, 2.75) is 99.6 Å². The van der Waals surface area contributed by atoms with Crippen molar-refractivity contribution in [3.63, 3.8) is 0 Å². The molecule has 10 rings (SSSR count).